The summed E-state index contributed by atoms with van der Waals surface area (Å²) in [6.07, 6.45) is 3.12. The van der Waals surface area contributed by atoms with Crippen LogP contribution >= 0.6 is 11.8 Å². The minimum atomic E-state index is 0.0150. The molecule has 0 saturated carbocycles. The van der Waals surface area contributed by atoms with E-state index in [9.17, 15) is 0 Å². The van der Waals surface area contributed by atoms with Gasteiger partial charge in [-0.25, -0.2) is 9.97 Å². The van der Waals surface area contributed by atoms with Crippen LogP contribution in [0.4, 0.5) is 0 Å². The SMILES string of the molecule is Cc1cc(CO)cnc1Sc1ncn[nH]1. The van der Waals surface area contributed by atoms with Gasteiger partial charge in [0.1, 0.15) is 11.4 Å². The van der Waals surface area contributed by atoms with Crippen LogP contribution in [0, 0.1) is 6.92 Å². The standard InChI is InChI=1S/C9H10N4OS/c1-6-2-7(4-14)3-10-8(6)15-9-11-5-12-13-9/h2-3,5,14H,4H2,1H3,(H,11,12,13). The lowest BCUT2D eigenvalue weighted by Gasteiger charge is -2.03. The number of aliphatic hydroxyl groups excluding tert-OH is 1. The highest BCUT2D eigenvalue weighted by Gasteiger charge is 2.05. The van der Waals surface area contributed by atoms with Crippen molar-refractivity contribution in [1.82, 2.24) is 20.2 Å². The Balaban J connectivity index is 2.22. The Labute approximate surface area is 91.0 Å². The first-order valence-electron chi connectivity index (χ1n) is 4.39. The summed E-state index contributed by atoms with van der Waals surface area (Å²) in [5, 5.41) is 17.0. The average Bonchev–Trinajstić information content (AvgIpc) is 2.74. The summed E-state index contributed by atoms with van der Waals surface area (Å²) in [7, 11) is 0. The molecule has 0 spiro atoms. The van der Waals surface area contributed by atoms with Gasteiger partial charge in [0.05, 0.1) is 6.61 Å². The van der Waals surface area contributed by atoms with Crippen molar-refractivity contribution in [3.8, 4) is 0 Å². The van der Waals surface area contributed by atoms with Crippen LogP contribution in [0.3, 0.4) is 0 Å². The zero-order chi connectivity index (χ0) is 10.7. The van der Waals surface area contributed by atoms with E-state index in [4.69, 9.17) is 5.11 Å². The van der Waals surface area contributed by atoms with Gasteiger partial charge in [-0.2, -0.15) is 5.10 Å². The number of aromatic amines is 1. The number of H-pyrrole nitrogens is 1. The van der Waals surface area contributed by atoms with Gasteiger partial charge in [0.15, 0.2) is 5.16 Å². The highest BCUT2D eigenvalue weighted by molar-refractivity contribution is 7.99. The van der Waals surface area contributed by atoms with Crippen molar-refractivity contribution < 1.29 is 5.11 Å². The molecule has 6 heteroatoms. The molecule has 5 nitrogen and oxygen atoms in total. The van der Waals surface area contributed by atoms with E-state index in [2.05, 4.69) is 20.2 Å². The molecule has 0 aliphatic heterocycles. The topological polar surface area (TPSA) is 74.7 Å². The van der Waals surface area contributed by atoms with Crippen LogP contribution in [0.1, 0.15) is 11.1 Å². The fourth-order valence-electron chi connectivity index (χ4n) is 1.15. The normalized spacial score (nSPS) is 10.5. The molecule has 2 aromatic rings. The van der Waals surface area contributed by atoms with Gasteiger partial charge in [-0.1, -0.05) is 0 Å². The highest BCUT2D eigenvalue weighted by atomic mass is 32.2. The van der Waals surface area contributed by atoms with E-state index in [1.807, 2.05) is 13.0 Å². The van der Waals surface area contributed by atoms with E-state index in [0.29, 0.717) is 5.16 Å². The predicted molar refractivity (Wildman–Crippen MR) is 55.4 cm³/mol. The van der Waals surface area contributed by atoms with Gasteiger partial charge in [-0.05, 0) is 35.9 Å². The molecule has 2 N–H and O–H groups in total. The monoisotopic (exact) mass is 222 g/mol. The van der Waals surface area contributed by atoms with Gasteiger partial charge >= 0.3 is 0 Å². The minimum absolute atomic E-state index is 0.0150. The summed E-state index contributed by atoms with van der Waals surface area (Å²) in [4.78, 5) is 8.24. The molecule has 0 atom stereocenters. The number of nitrogens with zero attached hydrogens (tertiary/aromatic N) is 3. The van der Waals surface area contributed by atoms with Gasteiger partial charge in [-0.3, -0.25) is 5.10 Å². The number of hydrogen-bond donors (Lipinski definition) is 2. The quantitative estimate of drug-likeness (QED) is 0.814. The minimum Gasteiger partial charge on any atom is -0.392 e. The zero-order valence-electron chi connectivity index (χ0n) is 8.14. The predicted octanol–water partition coefficient (Wildman–Crippen LogP) is 1.15. The molecule has 2 heterocycles. The van der Waals surface area contributed by atoms with Crippen molar-refractivity contribution in [2.45, 2.75) is 23.7 Å². The van der Waals surface area contributed by atoms with Crippen LogP contribution in [-0.2, 0) is 6.61 Å². The van der Waals surface area contributed by atoms with Gasteiger partial charge in [-0.15, -0.1) is 0 Å². The molecule has 0 radical (unpaired) electrons. The Morgan fingerprint density at radius 1 is 1.47 bits per heavy atom. The van der Waals surface area contributed by atoms with Crippen molar-refractivity contribution >= 4 is 11.8 Å². The van der Waals surface area contributed by atoms with E-state index < -0.39 is 0 Å². The van der Waals surface area contributed by atoms with E-state index in [1.165, 1.54) is 18.1 Å². The number of rotatable bonds is 3. The second-order valence-electron chi connectivity index (χ2n) is 3.02. The average molecular weight is 222 g/mol. The van der Waals surface area contributed by atoms with Gasteiger partial charge < -0.3 is 5.11 Å². The summed E-state index contributed by atoms with van der Waals surface area (Å²) in [5.74, 6) is 0. The molecular formula is C9H10N4OS. The maximum atomic E-state index is 8.93. The van der Waals surface area contributed by atoms with E-state index in [1.54, 1.807) is 6.20 Å². The van der Waals surface area contributed by atoms with Crippen molar-refractivity contribution in [3.63, 3.8) is 0 Å². The summed E-state index contributed by atoms with van der Waals surface area (Å²) in [6, 6.07) is 1.91. The Hall–Kier alpha value is -1.40. The maximum Gasteiger partial charge on any atom is 0.189 e. The molecule has 0 bridgehead atoms. The summed E-state index contributed by atoms with van der Waals surface area (Å²) < 4.78 is 0. The summed E-state index contributed by atoms with van der Waals surface area (Å²) in [5.41, 5.74) is 1.83. The first-order valence-corrected chi connectivity index (χ1v) is 5.21. The summed E-state index contributed by atoms with van der Waals surface area (Å²) in [6.45, 7) is 1.96. The molecular weight excluding hydrogens is 212 g/mol. The third-order valence-corrected chi connectivity index (χ3v) is 2.87. The molecule has 0 aliphatic rings. The number of aliphatic hydroxyl groups is 1. The van der Waals surface area contributed by atoms with E-state index in [-0.39, 0.29) is 6.61 Å². The maximum absolute atomic E-state index is 8.93. The first kappa shape index (κ1) is 10.1. The molecule has 0 aliphatic carbocycles. The van der Waals surface area contributed by atoms with E-state index in [0.717, 1.165) is 16.2 Å². The van der Waals surface area contributed by atoms with Crippen molar-refractivity contribution in [2.24, 2.45) is 0 Å². The molecule has 2 aromatic heterocycles. The number of pyridine rings is 1. The second-order valence-corrected chi connectivity index (χ2v) is 3.99. The van der Waals surface area contributed by atoms with Crippen LogP contribution in [-0.4, -0.2) is 25.3 Å². The molecule has 0 amide bonds. The van der Waals surface area contributed by atoms with Crippen LogP contribution in [0.5, 0.6) is 0 Å². The van der Waals surface area contributed by atoms with Crippen LogP contribution < -0.4 is 0 Å². The molecule has 0 aromatic carbocycles. The first-order chi connectivity index (χ1) is 7.29. The molecule has 0 saturated heterocycles. The van der Waals surface area contributed by atoms with Crippen molar-refractivity contribution in [2.75, 3.05) is 0 Å². The van der Waals surface area contributed by atoms with Crippen LogP contribution in [0.2, 0.25) is 0 Å². The third-order valence-electron chi connectivity index (χ3n) is 1.86. The molecule has 0 unspecified atom stereocenters. The number of aryl methyl sites for hydroxylation is 1. The van der Waals surface area contributed by atoms with Gasteiger partial charge in [0.25, 0.3) is 0 Å². The zero-order valence-corrected chi connectivity index (χ0v) is 8.95. The largest absolute Gasteiger partial charge is 0.392 e. The Morgan fingerprint density at radius 2 is 2.33 bits per heavy atom. The number of nitrogens with one attached hydrogen (secondary N) is 1. The Bertz CT molecular complexity index is 443. The summed E-state index contributed by atoms with van der Waals surface area (Å²) >= 11 is 1.42. The second kappa shape index (κ2) is 4.41. The van der Waals surface area contributed by atoms with Crippen molar-refractivity contribution in [3.05, 3.63) is 29.7 Å². The van der Waals surface area contributed by atoms with Gasteiger partial charge in [0, 0.05) is 6.20 Å². The Morgan fingerprint density at radius 3 is 2.93 bits per heavy atom. The van der Waals surface area contributed by atoms with Crippen molar-refractivity contribution in [1.29, 1.82) is 0 Å². The smallest absolute Gasteiger partial charge is 0.189 e. The highest BCUT2D eigenvalue weighted by Crippen LogP contribution is 2.25. The van der Waals surface area contributed by atoms with E-state index >= 15 is 0 Å². The molecule has 0 fully saturated rings. The number of aromatic nitrogens is 4. The Kier molecular flexibility index (Phi) is 2.98. The fraction of sp³-hybridized carbons (Fsp3) is 0.222. The third kappa shape index (κ3) is 2.34. The molecule has 15 heavy (non-hydrogen) atoms. The lowest BCUT2D eigenvalue weighted by atomic mass is 10.2. The fourth-order valence-corrected chi connectivity index (χ4v) is 1.86. The molecule has 2 rings (SSSR count). The number of hydrogen-bond acceptors (Lipinski definition) is 5. The van der Waals surface area contributed by atoms with Crippen LogP contribution in [0.25, 0.3) is 0 Å². The van der Waals surface area contributed by atoms with Crippen LogP contribution in [0.15, 0.2) is 28.8 Å². The lowest BCUT2D eigenvalue weighted by molar-refractivity contribution is 0.281. The lowest BCUT2D eigenvalue weighted by Crippen LogP contribution is -1.91. The van der Waals surface area contributed by atoms with Gasteiger partial charge in [0.2, 0.25) is 0 Å². The molecule has 78 valence electrons.